The van der Waals surface area contributed by atoms with E-state index in [1.165, 1.54) is 12.8 Å². The summed E-state index contributed by atoms with van der Waals surface area (Å²) in [5.41, 5.74) is 1.20. The Bertz CT molecular complexity index is 472. The quantitative estimate of drug-likeness (QED) is 0.922. The van der Waals surface area contributed by atoms with E-state index in [9.17, 15) is 0 Å². The van der Waals surface area contributed by atoms with Gasteiger partial charge in [-0.05, 0) is 44.6 Å². The first-order chi connectivity index (χ1) is 10.3. The summed E-state index contributed by atoms with van der Waals surface area (Å²) in [5.74, 6) is 0. The molecule has 0 bridgehead atoms. The molecular formula is C16H25N3O2. The van der Waals surface area contributed by atoms with Crippen LogP contribution in [0.1, 0.15) is 50.3 Å². The third-order valence-electron chi connectivity index (χ3n) is 5.06. The molecule has 0 amide bonds. The van der Waals surface area contributed by atoms with Gasteiger partial charge in [0, 0.05) is 38.6 Å². The van der Waals surface area contributed by atoms with E-state index in [1.807, 2.05) is 0 Å². The fraction of sp³-hybridized carbons (Fsp3) is 0.812. The van der Waals surface area contributed by atoms with Gasteiger partial charge in [0.2, 0.25) is 0 Å². The van der Waals surface area contributed by atoms with Crippen LogP contribution < -0.4 is 5.32 Å². The largest absolute Gasteiger partial charge is 0.381 e. The maximum Gasteiger partial charge on any atom is 0.0762 e. The highest BCUT2D eigenvalue weighted by molar-refractivity contribution is 5.02. The van der Waals surface area contributed by atoms with E-state index < -0.39 is 0 Å². The summed E-state index contributed by atoms with van der Waals surface area (Å²) in [6, 6.07) is 3.37. The molecule has 3 aliphatic rings. The maximum atomic E-state index is 6.12. The zero-order valence-corrected chi connectivity index (χ0v) is 12.6. The van der Waals surface area contributed by atoms with Gasteiger partial charge >= 0.3 is 0 Å². The van der Waals surface area contributed by atoms with E-state index in [1.54, 1.807) is 0 Å². The number of nitrogens with one attached hydrogen (secondary N) is 1. The maximum absolute atomic E-state index is 6.12. The van der Waals surface area contributed by atoms with Crippen molar-refractivity contribution in [3.63, 3.8) is 0 Å². The van der Waals surface area contributed by atoms with Gasteiger partial charge in [-0.25, -0.2) is 0 Å². The second-order valence-electron chi connectivity index (χ2n) is 6.73. The normalized spacial score (nSPS) is 28.9. The zero-order valence-electron chi connectivity index (χ0n) is 12.6. The summed E-state index contributed by atoms with van der Waals surface area (Å²) in [4.78, 5) is 0. The number of rotatable bonds is 4. The molecule has 1 aromatic rings. The highest BCUT2D eigenvalue weighted by Crippen LogP contribution is 2.38. The summed E-state index contributed by atoms with van der Waals surface area (Å²) in [7, 11) is 0. The lowest BCUT2D eigenvalue weighted by atomic mass is 9.84. The molecule has 0 aromatic carbocycles. The van der Waals surface area contributed by atoms with Crippen molar-refractivity contribution in [2.45, 2.75) is 62.8 Å². The third-order valence-corrected chi connectivity index (χ3v) is 5.06. The van der Waals surface area contributed by atoms with Gasteiger partial charge in [0.15, 0.2) is 0 Å². The van der Waals surface area contributed by atoms with Gasteiger partial charge in [-0.2, -0.15) is 5.10 Å². The van der Waals surface area contributed by atoms with Gasteiger partial charge in [0.25, 0.3) is 0 Å². The summed E-state index contributed by atoms with van der Waals surface area (Å²) in [6.07, 6.45) is 9.00. The fourth-order valence-corrected chi connectivity index (χ4v) is 3.53. The number of hydrogen-bond donors (Lipinski definition) is 1. The first kappa shape index (κ1) is 13.7. The molecule has 1 spiro atoms. The smallest absolute Gasteiger partial charge is 0.0762 e. The van der Waals surface area contributed by atoms with Crippen molar-refractivity contribution in [1.29, 1.82) is 0 Å². The van der Waals surface area contributed by atoms with Gasteiger partial charge in [-0.15, -0.1) is 0 Å². The number of nitrogens with zero attached hydrogens (tertiary/aromatic N) is 2. The Hall–Kier alpha value is -0.910. The molecule has 0 radical (unpaired) electrons. The molecule has 116 valence electrons. The van der Waals surface area contributed by atoms with E-state index in [2.05, 4.69) is 22.3 Å². The Balaban J connectivity index is 1.40. The van der Waals surface area contributed by atoms with Crippen molar-refractivity contribution >= 4 is 0 Å². The van der Waals surface area contributed by atoms with Crippen LogP contribution >= 0.6 is 0 Å². The molecule has 5 nitrogen and oxygen atoms in total. The van der Waals surface area contributed by atoms with E-state index in [0.29, 0.717) is 6.04 Å². The molecule has 3 fully saturated rings. The minimum absolute atomic E-state index is 0.0412. The molecule has 1 aromatic heterocycles. The first-order valence-corrected chi connectivity index (χ1v) is 8.32. The van der Waals surface area contributed by atoms with Crippen LogP contribution in [0.15, 0.2) is 12.3 Å². The molecule has 1 N–H and O–H groups in total. The van der Waals surface area contributed by atoms with Crippen molar-refractivity contribution in [3.05, 3.63) is 18.0 Å². The molecule has 1 saturated carbocycles. The van der Waals surface area contributed by atoms with Gasteiger partial charge in [0.1, 0.15) is 0 Å². The van der Waals surface area contributed by atoms with Gasteiger partial charge < -0.3 is 14.8 Å². The van der Waals surface area contributed by atoms with Gasteiger partial charge in [-0.1, -0.05) is 0 Å². The Labute approximate surface area is 126 Å². The standard InChI is InChI=1S/C16H25N3O2/c1-2-13(1)17-12-14-3-7-19(18-14)15-4-8-21-16(11-15)5-9-20-10-6-16/h3,7,13,15,17H,1-2,4-6,8-12H2. The lowest BCUT2D eigenvalue weighted by molar-refractivity contribution is -0.145. The lowest BCUT2D eigenvalue weighted by Gasteiger charge is -2.43. The molecule has 3 heterocycles. The minimum Gasteiger partial charge on any atom is -0.381 e. The summed E-state index contributed by atoms with van der Waals surface area (Å²) in [5, 5.41) is 8.31. The van der Waals surface area contributed by atoms with Gasteiger partial charge in [0.05, 0.1) is 17.3 Å². The van der Waals surface area contributed by atoms with Crippen LogP contribution in [0.4, 0.5) is 0 Å². The van der Waals surface area contributed by atoms with Crippen molar-refractivity contribution < 1.29 is 9.47 Å². The van der Waals surface area contributed by atoms with Crippen LogP contribution in [-0.4, -0.2) is 41.2 Å². The van der Waals surface area contributed by atoms with Crippen molar-refractivity contribution in [1.82, 2.24) is 15.1 Å². The lowest BCUT2D eigenvalue weighted by Crippen LogP contribution is -2.44. The fourth-order valence-electron chi connectivity index (χ4n) is 3.53. The number of ether oxygens (including phenoxy) is 2. The monoisotopic (exact) mass is 291 g/mol. The Morgan fingerprint density at radius 3 is 2.90 bits per heavy atom. The summed E-state index contributed by atoms with van der Waals surface area (Å²) >= 11 is 0. The van der Waals surface area contributed by atoms with Crippen LogP contribution in [0.5, 0.6) is 0 Å². The first-order valence-electron chi connectivity index (χ1n) is 8.32. The van der Waals surface area contributed by atoms with Crippen molar-refractivity contribution in [3.8, 4) is 0 Å². The number of hydrogen-bond acceptors (Lipinski definition) is 4. The van der Waals surface area contributed by atoms with Crippen molar-refractivity contribution in [2.75, 3.05) is 19.8 Å². The molecule has 1 atom stereocenters. The van der Waals surface area contributed by atoms with Crippen LogP contribution in [-0.2, 0) is 16.0 Å². The van der Waals surface area contributed by atoms with Crippen molar-refractivity contribution in [2.24, 2.45) is 0 Å². The van der Waals surface area contributed by atoms with Crippen LogP contribution in [0.25, 0.3) is 0 Å². The molecule has 5 heteroatoms. The second-order valence-corrected chi connectivity index (χ2v) is 6.73. The molecule has 2 aliphatic heterocycles. The van der Waals surface area contributed by atoms with E-state index in [0.717, 1.165) is 63.8 Å². The number of aromatic nitrogens is 2. The van der Waals surface area contributed by atoms with E-state index in [-0.39, 0.29) is 5.60 Å². The topological polar surface area (TPSA) is 48.3 Å². The van der Waals surface area contributed by atoms with Crippen LogP contribution in [0.3, 0.4) is 0 Å². The average Bonchev–Trinajstić information content (AvgIpc) is 3.22. The average molecular weight is 291 g/mol. The molecule has 4 rings (SSSR count). The van der Waals surface area contributed by atoms with E-state index in [4.69, 9.17) is 14.6 Å². The van der Waals surface area contributed by atoms with Gasteiger partial charge in [-0.3, -0.25) is 4.68 Å². The second kappa shape index (κ2) is 5.71. The van der Waals surface area contributed by atoms with E-state index >= 15 is 0 Å². The molecular weight excluding hydrogens is 266 g/mol. The Morgan fingerprint density at radius 2 is 2.10 bits per heavy atom. The SMILES string of the molecule is c1cn(C2CCOC3(CCOCC3)C2)nc1CNC1CC1. The predicted octanol–water partition coefficient (Wildman–Crippen LogP) is 2.04. The predicted molar refractivity (Wildman–Crippen MR) is 79.1 cm³/mol. The summed E-state index contributed by atoms with van der Waals surface area (Å²) < 4.78 is 13.8. The zero-order chi connectivity index (χ0) is 14.1. The molecule has 1 aliphatic carbocycles. The highest BCUT2D eigenvalue weighted by atomic mass is 16.5. The molecule has 21 heavy (non-hydrogen) atoms. The van der Waals surface area contributed by atoms with Crippen LogP contribution in [0.2, 0.25) is 0 Å². The highest BCUT2D eigenvalue weighted by Gasteiger charge is 2.39. The Kier molecular flexibility index (Phi) is 3.73. The Morgan fingerprint density at radius 1 is 1.24 bits per heavy atom. The molecule has 1 unspecified atom stereocenters. The molecule has 2 saturated heterocycles. The van der Waals surface area contributed by atoms with Crippen LogP contribution in [0, 0.1) is 0 Å². The third kappa shape index (κ3) is 3.15. The summed E-state index contributed by atoms with van der Waals surface area (Å²) in [6.45, 7) is 3.42. The minimum atomic E-state index is 0.0412.